The van der Waals surface area contributed by atoms with Crippen molar-refractivity contribution in [2.75, 3.05) is 17.3 Å². The van der Waals surface area contributed by atoms with Gasteiger partial charge in [0.15, 0.2) is 12.4 Å². The lowest BCUT2D eigenvalue weighted by Gasteiger charge is -1.90. The summed E-state index contributed by atoms with van der Waals surface area (Å²) in [6, 6.07) is 0. The minimum absolute atomic E-state index is 0.866. The summed E-state index contributed by atoms with van der Waals surface area (Å²) in [6.07, 6.45) is 5.83. The Balaban J connectivity index is 0.000000217. The lowest BCUT2D eigenvalue weighted by molar-refractivity contribution is 0.949. The van der Waals surface area contributed by atoms with Crippen LogP contribution in [0.5, 0.6) is 0 Å². The Hall–Kier alpha value is -0.870. The highest BCUT2D eigenvalue weighted by molar-refractivity contribution is 7.97. The first-order chi connectivity index (χ1) is 5.85. The Kier molecular flexibility index (Phi) is 7.63. The minimum atomic E-state index is 0.866. The molecular weight excluding hydrogens is 170 g/mol. The zero-order chi connectivity index (χ0) is 9.23. The minimum Gasteiger partial charge on any atom is -0.229 e. The van der Waals surface area contributed by atoms with Crippen molar-refractivity contribution in [3.05, 3.63) is 0 Å². The molecule has 0 aromatic rings. The van der Waals surface area contributed by atoms with Crippen LogP contribution in [0.25, 0.3) is 0 Å². The molecule has 0 radical (unpaired) electrons. The van der Waals surface area contributed by atoms with Crippen molar-refractivity contribution in [3.8, 4) is 12.4 Å². The molecule has 0 saturated carbocycles. The molecule has 3 nitrogen and oxygen atoms in total. The summed E-state index contributed by atoms with van der Waals surface area (Å²) < 4.78 is 0. The molecule has 1 rings (SSSR count). The van der Waals surface area contributed by atoms with Crippen LogP contribution in [0.2, 0.25) is 0 Å². The first-order valence-corrected chi connectivity index (χ1v) is 5.75. The second-order valence-corrected chi connectivity index (χ2v) is 4.98. The number of hydrogen-bond donors (Lipinski definition) is 1. The van der Waals surface area contributed by atoms with Crippen LogP contribution in [0, 0.1) is 22.9 Å². The molecule has 0 amide bonds. The van der Waals surface area contributed by atoms with Gasteiger partial charge >= 0.3 is 0 Å². The highest BCUT2D eigenvalue weighted by Crippen LogP contribution is 2.11. The summed E-state index contributed by atoms with van der Waals surface area (Å²) in [4.78, 5) is 0. The molecule has 66 valence electrons. The molecular formula is C8H14N3S+. The zero-order valence-corrected chi connectivity index (χ0v) is 8.15. The molecule has 0 atom stereocenters. The molecule has 1 fully saturated rings. The quantitative estimate of drug-likeness (QED) is 0.375. The van der Waals surface area contributed by atoms with Gasteiger partial charge in [0.1, 0.15) is 17.3 Å². The molecule has 1 aliphatic heterocycles. The van der Waals surface area contributed by atoms with Gasteiger partial charge in [-0.1, -0.05) is 0 Å². The average molecular weight is 184 g/mol. The molecule has 0 spiro atoms. The first-order valence-electron chi connectivity index (χ1n) is 4.02. The van der Waals surface area contributed by atoms with Crippen molar-refractivity contribution >= 4 is 10.9 Å². The SMILES string of the molecule is CC[S+]1CCCC1.N#CNC#N. The second kappa shape index (κ2) is 8.23. The molecule has 0 aromatic heterocycles. The van der Waals surface area contributed by atoms with Gasteiger partial charge in [-0.2, -0.15) is 10.5 Å². The van der Waals surface area contributed by atoms with E-state index < -0.39 is 0 Å². The third-order valence-electron chi connectivity index (χ3n) is 1.64. The second-order valence-electron chi connectivity index (χ2n) is 2.37. The fourth-order valence-corrected chi connectivity index (χ4v) is 3.03. The van der Waals surface area contributed by atoms with E-state index in [0.717, 1.165) is 10.9 Å². The molecule has 0 bridgehead atoms. The zero-order valence-electron chi connectivity index (χ0n) is 7.34. The summed E-state index contributed by atoms with van der Waals surface area (Å²) in [5, 5.41) is 16.7. The third kappa shape index (κ3) is 5.88. The van der Waals surface area contributed by atoms with Gasteiger partial charge in [0, 0.05) is 0 Å². The Morgan fingerprint density at radius 3 is 1.92 bits per heavy atom. The number of nitrogens with zero attached hydrogens (tertiary/aromatic N) is 2. The van der Waals surface area contributed by atoms with E-state index in [4.69, 9.17) is 10.5 Å². The van der Waals surface area contributed by atoms with Crippen LogP contribution in [-0.2, 0) is 10.9 Å². The van der Waals surface area contributed by atoms with Gasteiger partial charge in [-0.05, 0) is 30.7 Å². The number of nitrogens with one attached hydrogen (secondary N) is 1. The summed E-state index contributed by atoms with van der Waals surface area (Å²) in [7, 11) is 0.866. The normalized spacial score (nSPS) is 15.2. The van der Waals surface area contributed by atoms with Crippen molar-refractivity contribution in [1.82, 2.24) is 5.32 Å². The molecule has 1 saturated heterocycles. The van der Waals surface area contributed by atoms with Crippen molar-refractivity contribution in [1.29, 1.82) is 10.5 Å². The van der Waals surface area contributed by atoms with Gasteiger partial charge < -0.3 is 0 Å². The maximum atomic E-state index is 7.48. The summed E-state index contributed by atoms with van der Waals surface area (Å²) in [5.41, 5.74) is 0. The largest absolute Gasteiger partial charge is 0.229 e. The number of hydrogen-bond acceptors (Lipinski definition) is 3. The summed E-state index contributed by atoms with van der Waals surface area (Å²) >= 11 is 0. The van der Waals surface area contributed by atoms with Crippen LogP contribution >= 0.6 is 0 Å². The van der Waals surface area contributed by atoms with Gasteiger partial charge in [0.2, 0.25) is 0 Å². The summed E-state index contributed by atoms with van der Waals surface area (Å²) in [6.45, 7) is 2.31. The highest BCUT2D eigenvalue weighted by Gasteiger charge is 2.20. The van der Waals surface area contributed by atoms with Crippen molar-refractivity contribution in [3.63, 3.8) is 0 Å². The van der Waals surface area contributed by atoms with Crippen LogP contribution < -0.4 is 5.32 Å². The maximum absolute atomic E-state index is 7.48. The maximum Gasteiger partial charge on any atom is 0.190 e. The third-order valence-corrected chi connectivity index (χ3v) is 4.18. The van der Waals surface area contributed by atoms with E-state index in [9.17, 15) is 0 Å². The van der Waals surface area contributed by atoms with Gasteiger partial charge in [-0.3, -0.25) is 0 Å². The molecule has 1 aliphatic rings. The lowest BCUT2D eigenvalue weighted by atomic mass is 10.4. The van der Waals surface area contributed by atoms with E-state index in [0.29, 0.717) is 0 Å². The Labute approximate surface area is 76.7 Å². The van der Waals surface area contributed by atoms with Crippen LogP contribution in [-0.4, -0.2) is 17.3 Å². The van der Waals surface area contributed by atoms with E-state index in [1.165, 1.54) is 42.5 Å². The molecule has 0 aromatic carbocycles. The lowest BCUT2D eigenvalue weighted by Crippen LogP contribution is -2.04. The molecule has 12 heavy (non-hydrogen) atoms. The standard InChI is InChI=1S/C6H13S.C2HN3/c1-2-7-5-3-4-6-7;3-1-5-2-4/h2-6H2,1H3;5H/q+1;. The summed E-state index contributed by atoms with van der Waals surface area (Å²) in [5.74, 6) is 4.52. The predicted octanol–water partition coefficient (Wildman–Crippen LogP) is 0.957. The van der Waals surface area contributed by atoms with Crippen LogP contribution in [0.1, 0.15) is 19.8 Å². The molecule has 4 heteroatoms. The number of nitriles is 2. The van der Waals surface area contributed by atoms with Gasteiger partial charge in [0.05, 0.1) is 0 Å². The van der Waals surface area contributed by atoms with Crippen LogP contribution in [0.4, 0.5) is 0 Å². The van der Waals surface area contributed by atoms with Gasteiger partial charge in [-0.15, -0.1) is 0 Å². The predicted molar refractivity (Wildman–Crippen MR) is 51.2 cm³/mol. The number of rotatable bonds is 1. The van der Waals surface area contributed by atoms with Crippen molar-refractivity contribution in [2.24, 2.45) is 0 Å². The van der Waals surface area contributed by atoms with Gasteiger partial charge in [0.25, 0.3) is 0 Å². The smallest absolute Gasteiger partial charge is 0.190 e. The average Bonchev–Trinajstić information content (AvgIpc) is 2.58. The first kappa shape index (κ1) is 11.1. The van der Waals surface area contributed by atoms with E-state index >= 15 is 0 Å². The van der Waals surface area contributed by atoms with Gasteiger partial charge in [-0.25, -0.2) is 5.32 Å². The van der Waals surface area contributed by atoms with Crippen molar-refractivity contribution < 1.29 is 0 Å². The molecule has 1 N–H and O–H groups in total. The molecule has 0 unspecified atom stereocenters. The fraction of sp³-hybridized carbons (Fsp3) is 0.750. The van der Waals surface area contributed by atoms with Crippen LogP contribution in [0.3, 0.4) is 0 Å². The van der Waals surface area contributed by atoms with Crippen LogP contribution in [0.15, 0.2) is 0 Å². The highest BCUT2D eigenvalue weighted by atomic mass is 32.2. The Morgan fingerprint density at radius 2 is 1.75 bits per heavy atom. The monoisotopic (exact) mass is 184 g/mol. The molecule has 0 aliphatic carbocycles. The molecule has 1 heterocycles. The van der Waals surface area contributed by atoms with E-state index in [1.54, 1.807) is 5.32 Å². The Morgan fingerprint density at radius 1 is 1.25 bits per heavy atom. The van der Waals surface area contributed by atoms with Crippen molar-refractivity contribution in [2.45, 2.75) is 19.8 Å². The van der Waals surface area contributed by atoms with E-state index in [1.807, 2.05) is 0 Å². The van der Waals surface area contributed by atoms with E-state index in [-0.39, 0.29) is 0 Å². The van der Waals surface area contributed by atoms with E-state index in [2.05, 4.69) is 6.92 Å². The Bertz CT molecular complexity index is 162. The fourth-order valence-electron chi connectivity index (χ4n) is 1.03. The topological polar surface area (TPSA) is 59.6 Å².